The van der Waals surface area contributed by atoms with Crippen LogP contribution in [0.4, 0.5) is 0 Å². The van der Waals surface area contributed by atoms with Crippen molar-refractivity contribution in [2.45, 2.75) is 66.2 Å². The van der Waals surface area contributed by atoms with Crippen LogP contribution >= 0.6 is 0 Å². The SMILES string of the molecule is C=C/C1=C(CC)/N=C(/C=C\C)C(=C)CCCN(C)CCCCc2cccc1c2.CC. The van der Waals surface area contributed by atoms with Crippen molar-refractivity contribution < 1.29 is 0 Å². The molecular weight excluding hydrogens is 364 g/mol. The lowest BCUT2D eigenvalue weighted by Crippen LogP contribution is -2.21. The first-order chi connectivity index (χ1) is 14.6. The molecule has 1 aromatic carbocycles. The van der Waals surface area contributed by atoms with E-state index in [1.165, 1.54) is 24.0 Å². The summed E-state index contributed by atoms with van der Waals surface area (Å²) in [6.07, 6.45) is 12.6. The third kappa shape index (κ3) is 8.28. The number of fused-ring (bicyclic) bond motifs is 2. The van der Waals surface area contributed by atoms with Crippen LogP contribution in [0.25, 0.3) is 5.57 Å². The second-order valence-electron chi connectivity index (χ2n) is 7.58. The van der Waals surface area contributed by atoms with E-state index in [9.17, 15) is 0 Å². The smallest absolute Gasteiger partial charge is 0.0655 e. The average Bonchev–Trinajstić information content (AvgIpc) is 2.77. The number of aliphatic imine (C=N–C) groups is 1. The van der Waals surface area contributed by atoms with E-state index in [1.807, 2.05) is 26.8 Å². The highest BCUT2D eigenvalue weighted by Gasteiger charge is 2.10. The van der Waals surface area contributed by atoms with E-state index in [-0.39, 0.29) is 0 Å². The molecule has 0 unspecified atom stereocenters. The van der Waals surface area contributed by atoms with Crippen LogP contribution in [0, 0.1) is 0 Å². The summed E-state index contributed by atoms with van der Waals surface area (Å²) in [6.45, 7) is 18.9. The highest BCUT2D eigenvalue weighted by Crippen LogP contribution is 2.26. The van der Waals surface area contributed by atoms with Crippen LogP contribution in [0.1, 0.15) is 70.9 Å². The molecule has 0 aliphatic carbocycles. The molecule has 0 aromatic heterocycles. The number of benzene rings is 1. The van der Waals surface area contributed by atoms with Crippen LogP contribution < -0.4 is 0 Å². The molecule has 0 amide bonds. The predicted molar refractivity (Wildman–Crippen MR) is 136 cm³/mol. The molecule has 0 radical (unpaired) electrons. The summed E-state index contributed by atoms with van der Waals surface area (Å²) < 4.78 is 0. The molecule has 0 fully saturated rings. The third-order valence-electron chi connectivity index (χ3n) is 5.30. The highest BCUT2D eigenvalue weighted by atomic mass is 15.1. The molecule has 30 heavy (non-hydrogen) atoms. The standard InChI is InChI=1S/C26H36N2.C2H6/c1-6-13-26-21(4)14-12-19-28(5)18-10-9-15-22-16-11-17-23(20-22)24(7-2)25(8-3)27-26;1-2/h6-7,11,13,16-17,20H,2,4,8-10,12,14-15,18-19H2,1,3,5H3;1-2H3/b13-6-,25-24-,27-26-;. The number of hydrogen-bond donors (Lipinski definition) is 0. The van der Waals surface area contributed by atoms with Crippen LogP contribution in [-0.2, 0) is 6.42 Å². The molecule has 0 spiro atoms. The largest absolute Gasteiger partial charge is 0.306 e. The van der Waals surface area contributed by atoms with Gasteiger partial charge in [-0.15, -0.1) is 0 Å². The Labute approximate surface area is 185 Å². The molecule has 1 aromatic rings. The fourth-order valence-corrected chi connectivity index (χ4v) is 3.68. The summed E-state index contributed by atoms with van der Waals surface area (Å²) in [6, 6.07) is 8.87. The van der Waals surface area contributed by atoms with Gasteiger partial charge in [-0.05, 0) is 88.4 Å². The van der Waals surface area contributed by atoms with Crippen LogP contribution in [-0.4, -0.2) is 30.7 Å². The molecular formula is C28H42N2. The Morgan fingerprint density at radius 2 is 1.83 bits per heavy atom. The first kappa shape index (κ1) is 25.8. The van der Waals surface area contributed by atoms with E-state index >= 15 is 0 Å². The number of nitrogens with zero attached hydrogens (tertiary/aromatic N) is 2. The van der Waals surface area contributed by atoms with E-state index in [0.29, 0.717) is 0 Å². The predicted octanol–water partition coefficient (Wildman–Crippen LogP) is 7.64. The Bertz CT molecular complexity index is 765. The molecule has 0 N–H and O–H groups in total. The summed E-state index contributed by atoms with van der Waals surface area (Å²) in [4.78, 5) is 7.48. The van der Waals surface area contributed by atoms with E-state index in [0.717, 1.165) is 61.3 Å². The Kier molecular flexibility index (Phi) is 12.7. The quantitative estimate of drug-likeness (QED) is 0.503. The van der Waals surface area contributed by atoms with Crippen molar-refractivity contribution in [3.8, 4) is 0 Å². The molecule has 0 saturated carbocycles. The summed E-state index contributed by atoms with van der Waals surface area (Å²) in [5.41, 5.74) is 6.91. The summed E-state index contributed by atoms with van der Waals surface area (Å²) in [5, 5.41) is 0. The molecule has 0 saturated heterocycles. The van der Waals surface area contributed by atoms with Gasteiger partial charge < -0.3 is 4.90 Å². The number of rotatable bonds is 3. The van der Waals surface area contributed by atoms with Crippen molar-refractivity contribution >= 4 is 11.3 Å². The van der Waals surface area contributed by atoms with Gasteiger partial charge in [0.2, 0.25) is 0 Å². The van der Waals surface area contributed by atoms with Gasteiger partial charge in [-0.25, -0.2) is 0 Å². The van der Waals surface area contributed by atoms with Gasteiger partial charge >= 0.3 is 0 Å². The maximum Gasteiger partial charge on any atom is 0.0655 e. The molecule has 0 atom stereocenters. The number of hydrogen-bond acceptors (Lipinski definition) is 2. The van der Waals surface area contributed by atoms with Gasteiger partial charge in [0.05, 0.1) is 5.71 Å². The van der Waals surface area contributed by atoms with Gasteiger partial charge in [0.15, 0.2) is 0 Å². The minimum Gasteiger partial charge on any atom is -0.306 e. The minimum atomic E-state index is 0.864. The van der Waals surface area contributed by atoms with Gasteiger partial charge in [-0.2, -0.15) is 0 Å². The zero-order valence-corrected chi connectivity index (χ0v) is 20.0. The molecule has 1 aliphatic heterocycles. The minimum absolute atomic E-state index is 0.864. The second kappa shape index (κ2) is 14.7. The third-order valence-corrected chi connectivity index (χ3v) is 5.30. The number of allylic oxidation sites excluding steroid dienone is 6. The molecule has 164 valence electrons. The molecule has 2 bridgehead atoms. The van der Waals surface area contributed by atoms with Crippen LogP contribution in [0.5, 0.6) is 0 Å². The Morgan fingerprint density at radius 1 is 1.10 bits per heavy atom. The van der Waals surface area contributed by atoms with Gasteiger partial charge in [0.25, 0.3) is 0 Å². The second-order valence-corrected chi connectivity index (χ2v) is 7.58. The fourth-order valence-electron chi connectivity index (χ4n) is 3.68. The van der Waals surface area contributed by atoms with Crippen molar-refractivity contribution in [1.82, 2.24) is 4.90 Å². The summed E-state index contributed by atoms with van der Waals surface area (Å²) in [7, 11) is 2.22. The lowest BCUT2D eigenvalue weighted by molar-refractivity contribution is 0.322. The highest BCUT2D eigenvalue weighted by molar-refractivity contribution is 6.08. The van der Waals surface area contributed by atoms with Crippen molar-refractivity contribution in [3.05, 3.63) is 78.0 Å². The summed E-state index contributed by atoms with van der Waals surface area (Å²) in [5.74, 6) is 0. The maximum absolute atomic E-state index is 5.04. The average molecular weight is 407 g/mol. The van der Waals surface area contributed by atoms with Gasteiger partial charge in [0.1, 0.15) is 0 Å². The molecule has 1 heterocycles. The van der Waals surface area contributed by atoms with Gasteiger partial charge in [-0.1, -0.05) is 70.3 Å². The van der Waals surface area contributed by atoms with Crippen LogP contribution in [0.2, 0.25) is 0 Å². The van der Waals surface area contributed by atoms with Crippen molar-refractivity contribution in [1.29, 1.82) is 0 Å². The Balaban J connectivity index is 0.00000218. The fraction of sp³-hybridized carbons (Fsp3) is 0.464. The normalized spacial score (nSPS) is 21.5. The van der Waals surface area contributed by atoms with Crippen LogP contribution in [0.15, 0.2) is 71.9 Å². The summed E-state index contributed by atoms with van der Waals surface area (Å²) >= 11 is 0. The van der Waals surface area contributed by atoms with Crippen molar-refractivity contribution in [2.24, 2.45) is 4.99 Å². The Hall–Kier alpha value is -2.19. The topological polar surface area (TPSA) is 15.6 Å². The van der Waals surface area contributed by atoms with Gasteiger partial charge in [-0.3, -0.25) is 4.99 Å². The zero-order valence-electron chi connectivity index (χ0n) is 20.0. The molecule has 1 aliphatic rings. The van der Waals surface area contributed by atoms with E-state index in [4.69, 9.17) is 4.99 Å². The molecule has 2 rings (SSSR count). The van der Waals surface area contributed by atoms with Gasteiger partial charge in [0, 0.05) is 11.3 Å². The van der Waals surface area contributed by atoms with E-state index in [1.54, 1.807) is 0 Å². The monoisotopic (exact) mass is 406 g/mol. The Morgan fingerprint density at radius 3 is 2.50 bits per heavy atom. The first-order valence-corrected chi connectivity index (χ1v) is 11.6. The lowest BCUT2D eigenvalue weighted by Gasteiger charge is -2.18. The number of aryl methyl sites for hydroxylation is 1. The maximum atomic E-state index is 5.04. The first-order valence-electron chi connectivity index (χ1n) is 11.6. The zero-order chi connectivity index (χ0) is 22.4. The van der Waals surface area contributed by atoms with Crippen molar-refractivity contribution in [3.63, 3.8) is 0 Å². The molecule has 2 heteroatoms. The van der Waals surface area contributed by atoms with E-state index in [2.05, 4.69) is 68.4 Å². The molecule has 2 nitrogen and oxygen atoms in total. The van der Waals surface area contributed by atoms with Crippen LogP contribution in [0.3, 0.4) is 0 Å². The van der Waals surface area contributed by atoms with E-state index < -0.39 is 0 Å². The lowest BCUT2D eigenvalue weighted by atomic mass is 9.97. The van der Waals surface area contributed by atoms with Crippen molar-refractivity contribution in [2.75, 3.05) is 20.1 Å².